The molecule has 822 valence electrons. The van der Waals surface area contributed by atoms with Crippen molar-refractivity contribution in [3.63, 3.8) is 0 Å². The summed E-state index contributed by atoms with van der Waals surface area (Å²) in [6.07, 6.45) is 80.3. The average molecular weight is 1930 g/mol. The fourth-order valence-corrected chi connectivity index (χ4v) is 27.8. The Hall–Kier alpha value is -0.400. The Morgan fingerprint density at radius 1 is 0.212 bits per heavy atom. The van der Waals surface area contributed by atoms with Gasteiger partial charge in [-0.25, -0.2) is 0 Å². The van der Waals surface area contributed by atoms with Gasteiger partial charge in [0, 0.05) is 53.9 Å². The van der Waals surface area contributed by atoms with Crippen molar-refractivity contribution >= 4 is 0 Å². The summed E-state index contributed by atoms with van der Waals surface area (Å²) >= 11 is 0. The molecule has 137 heavy (non-hydrogen) atoms. The molecule has 12 saturated carbocycles. The van der Waals surface area contributed by atoms with Crippen LogP contribution in [0.15, 0.2) is 0 Å². The van der Waals surface area contributed by atoms with Crippen LogP contribution < -0.4 is 57.3 Å². The molecular weight excluding hydrogens is 1670 g/mol. The van der Waals surface area contributed by atoms with E-state index in [0.29, 0.717) is 59.2 Å². The van der Waals surface area contributed by atoms with E-state index in [1.807, 2.05) is 0 Å². The van der Waals surface area contributed by atoms with E-state index in [2.05, 4.69) is 215 Å². The zero-order valence-corrected chi connectivity index (χ0v) is 99.6. The van der Waals surface area contributed by atoms with Gasteiger partial charge >= 0.3 is 0 Å². The maximum Gasteiger partial charge on any atom is 0.0126 e. The molecule has 0 heterocycles. The highest BCUT2D eigenvalue weighted by Gasteiger charge is 2.43. The molecule has 12 fully saturated rings. The molecule has 2 unspecified atom stereocenters. The van der Waals surface area contributed by atoms with Gasteiger partial charge in [0.2, 0.25) is 0 Å². The molecule has 0 spiro atoms. The van der Waals surface area contributed by atoms with E-state index >= 15 is 0 Å². The monoisotopic (exact) mass is 1930 g/mol. The summed E-state index contributed by atoms with van der Waals surface area (Å²) < 4.78 is 0. The summed E-state index contributed by atoms with van der Waals surface area (Å²) in [4.78, 5) is 0. The second-order valence-corrected chi connectivity index (χ2v) is 57.4. The van der Waals surface area contributed by atoms with Crippen molar-refractivity contribution in [1.82, 2.24) is 0 Å². The van der Waals surface area contributed by atoms with E-state index < -0.39 is 0 Å². The third-order valence-corrected chi connectivity index (χ3v) is 34.8. The number of hydrogen-bond donors (Lipinski definition) is 10. The predicted octanol–water partition coefficient (Wildman–Crippen LogP) is 35.0. The quantitative estimate of drug-likeness (QED) is 0.0339. The molecule has 10 atom stereocenters. The van der Waals surface area contributed by atoms with Crippen molar-refractivity contribution in [2.45, 2.75) is 647 Å². The Kier molecular flexibility index (Phi) is 72.4. The third-order valence-electron chi connectivity index (χ3n) is 34.8. The van der Waals surface area contributed by atoms with Gasteiger partial charge in [-0.1, -0.05) is 298 Å². The van der Waals surface area contributed by atoms with Crippen molar-refractivity contribution in [2.75, 3.05) is 6.54 Å². The Bertz CT molecular complexity index is 2450. The van der Waals surface area contributed by atoms with Crippen molar-refractivity contribution in [3.8, 4) is 0 Å². The molecule has 10 nitrogen and oxygen atoms in total. The Morgan fingerprint density at radius 3 is 0.591 bits per heavy atom. The van der Waals surface area contributed by atoms with E-state index in [0.717, 1.165) is 153 Å². The molecule has 12 rings (SSSR count). The molecule has 0 amide bonds. The van der Waals surface area contributed by atoms with Gasteiger partial charge < -0.3 is 57.3 Å². The van der Waals surface area contributed by atoms with E-state index in [1.54, 1.807) is 0 Å². The van der Waals surface area contributed by atoms with Crippen LogP contribution in [0.4, 0.5) is 0 Å². The standard InChI is InChI=1S/C13H27N.C12H24.C11H23N.C11H22.8C10H21N/c1-10(2)12(3,4)11-6-8-13(5,14)9-7-11;1-10(2)8-12(6-5-7-12)9-11(3)4;1-10(2)8-11(9-12)6-4-3-5-7-11;1-9(2)7-11(5-6-11)8-10(3)4;3*1-8(2)7-9-3-5-10(11)6-4-9;5*1-8(2)6-9-4-3-5-10(11)7-9/h10-11H,6-9,14H2,1-5H3;10-11H,5-9H2,1-4H3;10H,3-9,12H2,1-2H3;9-10H,5-8H2,1-4H3;8*8-10H,3-7,11H2,1-2H3/t;;;;;;;2*9-,10+;2*9-,10-;/m.......1010./s1. The van der Waals surface area contributed by atoms with Crippen molar-refractivity contribution in [1.29, 1.82) is 0 Å². The zero-order chi connectivity index (χ0) is 104. The van der Waals surface area contributed by atoms with Crippen molar-refractivity contribution in [3.05, 3.63) is 0 Å². The minimum atomic E-state index is 0.115. The van der Waals surface area contributed by atoms with Gasteiger partial charge in [-0.2, -0.15) is 0 Å². The Labute approximate surface area is 863 Å². The highest BCUT2D eigenvalue weighted by atomic mass is 14.7. The molecule has 0 aromatic heterocycles. The van der Waals surface area contributed by atoms with E-state index in [9.17, 15) is 0 Å². The third kappa shape index (κ3) is 69.5. The first-order valence-corrected chi connectivity index (χ1v) is 61.5. The lowest BCUT2D eigenvalue weighted by molar-refractivity contribution is 0.0717. The van der Waals surface area contributed by atoms with Crippen LogP contribution >= 0.6 is 0 Å². The minimum Gasteiger partial charge on any atom is -0.330 e. The first kappa shape index (κ1) is 135. The summed E-state index contributed by atoms with van der Waals surface area (Å²) in [7, 11) is 0. The van der Waals surface area contributed by atoms with Gasteiger partial charge in [-0.3, -0.25) is 0 Å². The van der Waals surface area contributed by atoms with Gasteiger partial charge in [0.1, 0.15) is 0 Å². The molecular formula is C127H264N10. The Balaban J connectivity index is 0.000000748. The summed E-state index contributed by atoms with van der Waals surface area (Å²) in [6, 6.07) is 4.07. The van der Waals surface area contributed by atoms with Crippen LogP contribution in [0.25, 0.3) is 0 Å². The van der Waals surface area contributed by atoms with Crippen LogP contribution in [-0.4, -0.2) is 60.4 Å². The summed E-state index contributed by atoms with van der Waals surface area (Å²) in [5.41, 5.74) is 61.7. The van der Waals surface area contributed by atoms with Crippen LogP contribution in [-0.2, 0) is 0 Å². The van der Waals surface area contributed by atoms with Crippen LogP contribution in [0.3, 0.4) is 0 Å². The largest absolute Gasteiger partial charge is 0.330 e. The zero-order valence-electron chi connectivity index (χ0n) is 99.6. The summed E-state index contributed by atoms with van der Waals surface area (Å²) in [6.45, 7) is 73.0. The molecule has 20 N–H and O–H groups in total. The number of rotatable bonds is 29. The predicted molar refractivity (Wildman–Crippen MR) is 618 cm³/mol. The highest BCUT2D eigenvalue weighted by Crippen LogP contribution is 2.55. The van der Waals surface area contributed by atoms with Crippen LogP contribution in [0.1, 0.15) is 593 Å². The molecule has 0 bridgehead atoms. The molecule has 0 saturated heterocycles. The summed E-state index contributed by atoms with van der Waals surface area (Å²) in [5, 5.41) is 0. The maximum atomic E-state index is 6.16. The van der Waals surface area contributed by atoms with Gasteiger partial charge in [0.05, 0.1) is 0 Å². The molecule has 0 radical (unpaired) electrons. The van der Waals surface area contributed by atoms with Gasteiger partial charge in [0.25, 0.3) is 0 Å². The first-order chi connectivity index (χ1) is 64.0. The van der Waals surface area contributed by atoms with E-state index in [4.69, 9.17) is 57.3 Å². The molecule has 0 aliphatic heterocycles. The van der Waals surface area contributed by atoms with Gasteiger partial charge in [0.15, 0.2) is 0 Å². The first-order valence-electron chi connectivity index (χ1n) is 61.5. The molecule has 0 aromatic carbocycles. The number of nitrogens with two attached hydrogens (primary N) is 10. The Morgan fingerprint density at radius 2 is 0.416 bits per heavy atom. The van der Waals surface area contributed by atoms with Crippen molar-refractivity contribution < 1.29 is 0 Å². The summed E-state index contributed by atoms with van der Waals surface area (Å²) in [5.74, 6) is 20.5. The smallest absolute Gasteiger partial charge is 0.0126 e. The van der Waals surface area contributed by atoms with E-state index in [-0.39, 0.29) is 5.54 Å². The van der Waals surface area contributed by atoms with Crippen LogP contribution in [0.5, 0.6) is 0 Å². The maximum absolute atomic E-state index is 6.16. The highest BCUT2D eigenvalue weighted by molar-refractivity contribution is 4.96. The fourth-order valence-electron chi connectivity index (χ4n) is 27.8. The number of hydrogen-bond acceptors (Lipinski definition) is 10. The lowest BCUT2D eigenvalue weighted by Crippen LogP contribution is -2.43. The fraction of sp³-hybridized carbons (Fsp3) is 1.00. The lowest BCUT2D eigenvalue weighted by atomic mass is 9.61. The van der Waals surface area contributed by atoms with Crippen LogP contribution in [0.2, 0.25) is 0 Å². The van der Waals surface area contributed by atoms with E-state index in [1.165, 1.54) is 379 Å². The second-order valence-electron chi connectivity index (χ2n) is 57.4. The molecule has 12 aliphatic carbocycles. The molecule has 12 aliphatic rings. The average Bonchev–Trinajstić information content (AvgIpc) is 1.57. The molecule has 10 heteroatoms. The minimum absolute atomic E-state index is 0.115. The van der Waals surface area contributed by atoms with Gasteiger partial charge in [-0.05, 0) is 460 Å². The SMILES string of the molecule is CC(C)C(C)(C)C1CCC(C)(N)CC1.CC(C)CC1(CC(C)C)CC1.CC(C)CC1(CC(C)C)CCC1.CC(C)CC1(CN)CCCCC1.CC(C)CC1CCC(N)CC1.CC(C)CC1CCC(N)CC1.CC(C)CC1CCC(N)CC1.CC(C)CC1CCCC(N)C1.CC(C)C[C@@H]1CCC[C@@H](N)C1.CC(C)C[C@@H]1CCC[C@H](N)C1.CC(C)C[C@H]1CCC[C@@H](N)C1.CC(C)C[C@H]1CCC[C@H](N)C1. The van der Waals surface area contributed by atoms with Crippen LogP contribution in [0, 0.1) is 158 Å². The van der Waals surface area contributed by atoms with Gasteiger partial charge in [-0.15, -0.1) is 0 Å². The lowest BCUT2D eigenvalue weighted by Gasteiger charge is -2.44. The van der Waals surface area contributed by atoms with Crippen molar-refractivity contribution in [2.24, 2.45) is 215 Å². The normalized spacial score (nSPS) is 30.2. The second kappa shape index (κ2) is 73.7. The molecule has 0 aromatic rings. The topological polar surface area (TPSA) is 260 Å².